The van der Waals surface area contributed by atoms with Crippen molar-refractivity contribution in [1.29, 1.82) is 0 Å². The number of methoxy groups -OCH3 is 2. The van der Waals surface area contributed by atoms with Gasteiger partial charge in [-0.1, -0.05) is 0 Å². The van der Waals surface area contributed by atoms with Crippen LogP contribution in [0.5, 0.6) is 23.5 Å². The SMILES string of the molecule is COc1nc(Cl)nc(Oc2ccc(OC)c([N+](=O)[O-])c2)n1. The van der Waals surface area contributed by atoms with E-state index < -0.39 is 4.92 Å². The number of ether oxygens (including phenoxy) is 3. The zero-order chi connectivity index (χ0) is 15.4. The number of hydrogen-bond acceptors (Lipinski definition) is 8. The van der Waals surface area contributed by atoms with Gasteiger partial charge >= 0.3 is 17.7 Å². The van der Waals surface area contributed by atoms with Gasteiger partial charge in [0.05, 0.1) is 25.2 Å². The lowest BCUT2D eigenvalue weighted by atomic mass is 10.3. The Bertz CT molecular complexity index is 682. The molecule has 0 unspecified atom stereocenters. The highest BCUT2D eigenvalue weighted by Crippen LogP contribution is 2.32. The molecule has 0 aliphatic heterocycles. The highest BCUT2D eigenvalue weighted by molar-refractivity contribution is 6.28. The fraction of sp³-hybridized carbons (Fsp3) is 0.182. The van der Waals surface area contributed by atoms with E-state index in [-0.39, 0.29) is 34.5 Å². The maximum absolute atomic E-state index is 10.9. The molecule has 21 heavy (non-hydrogen) atoms. The topological polar surface area (TPSA) is 110 Å². The summed E-state index contributed by atoms with van der Waals surface area (Å²) in [6.45, 7) is 0. The van der Waals surface area contributed by atoms with Crippen molar-refractivity contribution in [3.05, 3.63) is 33.6 Å². The molecule has 2 rings (SSSR count). The Morgan fingerprint density at radius 2 is 1.86 bits per heavy atom. The van der Waals surface area contributed by atoms with Crippen LogP contribution in [0.3, 0.4) is 0 Å². The lowest BCUT2D eigenvalue weighted by Gasteiger charge is -2.06. The Labute approximate surface area is 123 Å². The number of hydrogen-bond donors (Lipinski definition) is 0. The van der Waals surface area contributed by atoms with Gasteiger partial charge in [0.2, 0.25) is 5.28 Å². The zero-order valence-electron chi connectivity index (χ0n) is 10.9. The van der Waals surface area contributed by atoms with Crippen molar-refractivity contribution in [2.24, 2.45) is 0 Å². The van der Waals surface area contributed by atoms with Gasteiger partial charge in [0.1, 0.15) is 5.75 Å². The summed E-state index contributed by atoms with van der Waals surface area (Å²) in [7, 11) is 2.69. The lowest BCUT2D eigenvalue weighted by molar-refractivity contribution is -0.385. The number of rotatable bonds is 5. The summed E-state index contributed by atoms with van der Waals surface area (Å²) in [6.07, 6.45) is 0. The van der Waals surface area contributed by atoms with Crippen molar-refractivity contribution < 1.29 is 19.1 Å². The van der Waals surface area contributed by atoms with Gasteiger partial charge in [0.15, 0.2) is 5.75 Å². The third kappa shape index (κ3) is 3.45. The summed E-state index contributed by atoms with van der Waals surface area (Å²) < 4.78 is 15.0. The Balaban J connectivity index is 2.33. The highest BCUT2D eigenvalue weighted by atomic mass is 35.5. The van der Waals surface area contributed by atoms with Crippen LogP contribution in [0, 0.1) is 10.1 Å². The first-order valence-electron chi connectivity index (χ1n) is 5.49. The van der Waals surface area contributed by atoms with Gasteiger partial charge in [0, 0.05) is 0 Å². The van der Waals surface area contributed by atoms with Crippen LogP contribution >= 0.6 is 11.6 Å². The quantitative estimate of drug-likeness (QED) is 0.610. The van der Waals surface area contributed by atoms with Gasteiger partial charge in [-0.15, -0.1) is 4.98 Å². The van der Waals surface area contributed by atoms with Gasteiger partial charge in [-0.25, -0.2) is 0 Å². The van der Waals surface area contributed by atoms with Gasteiger partial charge in [0.25, 0.3) is 0 Å². The molecule has 1 aromatic carbocycles. The smallest absolute Gasteiger partial charge is 0.329 e. The summed E-state index contributed by atoms with van der Waals surface area (Å²) >= 11 is 5.67. The van der Waals surface area contributed by atoms with E-state index in [1.165, 1.54) is 32.4 Å². The number of aromatic nitrogens is 3. The van der Waals surface area contributed by atoms with Crippen LogP contribution in [0.25, 0.3) is 0 Å². The van der Waals surface area contributed by atoms with E-state index in [0.717, 1.165) is 0 Å². The predicted octanol–water partition coefficient (Wildman–Crippen LogP) is 2.24. The first-order chi connectivity index (χ1) is 10.0. The number of nitro benzene ring substituents is 1. The molecule has 0 radical (unpaired) electrons. The van der Waals surface area contributed by atoms with Crippen molar-refractivity contribution in [1.82, 2.24) is 15.0 Å². The second-order valence-corrected chi connectivity index (χ2v) is 3.90. The van der Waals surface area contributed by atoms with Gasteiger partial charge in [-0.3, -0.25) is 10.1 Å². The molecule has 9 nitrogen and oxygen atoms in total. The first-order valence-corrected chi connectivity index (χ1v) is 5.87. The average molecular weight is 313 g/mol. The third-order valence-corrected chi connectivity index (χ3v) is 2.47. The van der Waals surface area contributed by atoms with E-state index in [0.29, 0.717) is 0 Å². The van der Waals surface area contributed by atoms with Crippen LogP contribution in [-0.2, 0) is 0 Å². The molecule has 2 aromatic rings. The summed E-state index contributed by atoms with van der Waals surface area (Å²) in [5.41, 5.74) is -0.248. The second kappa shape index (κ2) is 6.18. The monoisotopic (exact) mass is 312 g/mol. The third-order valence-electron chi connectivity index (χ3n) is 2.31. The Morgan fingerprint density at radius 3 is 2.48 bits per heavy atom. The first kappa shape index (κ1) is 14.7. The maximum Gasteiger partial charge on any atom is 0.329 e. The van der Waals surface area contributed by atoms with E-state index >= 15 is 0 Å². The molecule has 0 N–H and O–H groups in total. The number of nitro groups is 1. The summed E-state index contributed by atoms with van der Waals surface area (Å²) in [5, 5.41) is 10.8. The molecule has 0 aliphatic rings. The van der Waals surface area contributed by atoms with Crippen LogP contribution < -0.4 is 14.2 Å². The Hall–Kier alpha value is -2.68. The van der Waals surface area contributed by atoms with E-state index in [1.54, 1.807) is 0 Å². The minimum absolute atomic E-state index is 0.0342. The predicted molar refractivity (Wildman–Crippen MR) is 71.1 cm³/mol. The molecule has 0 fully saturated rings. The zero-order valence-corrected chi connectivity index (χ0v) is 11.7. The number of benzene rings is 1. The molecule has 0 saturated carbocycles. The van der Waals surface area contributed by atoms with Crippen molar-refractivity contribution in [2.75, 3.05) is 14.2 Å². The molecular formula is C11H9ClN4O5. The maximum atomic E-state index is 10.9. The minimum atomic E-state index is -0.591. The van der Waals surface area contributed by atoms with Crippen LogP contribution in [0.1, 0.15) is 0 Å². The summed E-state index contributed by atoms with van der Waals surface area (Å²) in [4.78, 5) is 21.6. The van der Waals surface area contributed by atoms with Gasteiger partial charge < -0.3 is 14.2 Å². The summed E-state index contributed by atoms with van der Waals surface area (Å²) in [5.74, 6) is 0.255. The largest absolute Gasteiger partial charge is 0.490 e. The molecule has 0 saturated heterocycles. The second-order valence-electron chi connectivity index (χ2n) is 3.57. The molecule has 1 aromatic heterocycles. The molecule has 0 aliphatic carbocycles. The number of nitrogens with zero attached hydrogens (tertiary/aromatic N) is 4. The van der Waals surface area contributed by atoms with Gasteiger partial charge in [-0.2, -0.15) is 9.97 Å². The normalized spacial score (nSPS) is 10.0. The van der Waals surface area contributed by atoms with E-state index in [4.69, 9.17) is 25.8 Å². The Kier molecular flexibility index (Phi) is 4.33. The fourth-order valence-corrected chi connectivity index (χ4v) is 1.58. The van der Waals surface area contributed by atoms with Crippen LogP contribution in [0.15, 0.2) is 18.2 Å². The lowest BCUT2D eigenvalue weighted by Crippen LogP contribution is -1.99. The molecular weight excluding hydrogens is 304 g/mol. The van der Waals surface area contributed by atoms with E-state index in [9.17, 15) is 10.1 Å². The molecule has 110 valence electrons. The van der Waals surface area contributed by atoms with E-state index in [2.05, 4.69) is 15.0 Å². The standard InChI is InChI=1S/C11H9ClN4O5/c1-19-8-4-3-6(5-7(8)16(17)18)21-11-14-9(12)13-10(15-11)20-2/h3-5H,1-2H3. The molecule has 10 heteroatoms. The minimum Gasteiger partial charge on any atom is -0.490 e. The fourth-order valence-electron chi connectivity index (χ4n) is 1.43. The molecule has 0 spiro atoms. The molecule has 0 atom stereocenters. The van der Waals surface area contributed by atoms with E-state index in [1.807, 2.05) is 0 Å². The van der Waals surface area contributed by atoms with Crippen molar-refractivity contribution >= 4 is 17.3 Å². The Morgan fingerprint density at radius 1 is 1.14 bits per heavy atom. The van der Waals surface area contributed by atoms with Crippen molar-refractivity contribution in [2.45, 2.75) is 0 Å². The van der Waals surface area contributed by atoms with Crippen LogP contribution in [0.4, 0.5) is 5.69 Å². The average Bonchev–Trinajstić information content (AvgIpc) is 2.46. The van der Waals surface area contributed by atoms with Gasteiger partial charge in [-0.05, 0) is 23.7 Å². The van der Waals surface area contributed by atoms with Crippen LogP contribution in [0.2, 0.25) is 5.28 Å². The van der Waals surface area contributed by atoms with Crippen molar-refractivity contribution in [3.63, 3.8) is 0 Å². The molecule has 0 amide bonds. The number of halogens is 1. The van der Waals surface area contributed by atoms with Crippen molar-refractivity contribution in [3.8, 4) is 23.5 Å². The molecule has 1 heterocycles. The highest BCUT2D eigenvalue weighted by Gasteiger charge is 2.17. The summed E-state index contributed by atoms with van der Waals surface area (Å²) in [6, 6.07) is 3.87. The van der Waals surface area contributed by atoms with Crippen LogP contribution in [-0.4, -0.2) is 34.1 Å². The molecule has 0 bridgehead atoms.